The molecule has 1 atom stereocenters. The fourth-order valence-electron chi connectivity index (χ4n) is 2.07. The molecule has 0 saturated carbocycles. The van der Waals surface area contributed by atoms with Crippen LogP contribution in [0.3, 0.4) is 0 Å². The highest BCUT2D eigenvalue weighted by Crippen LogP contribution is 2.16. The average molecular weight is 220 g/mol. The molecular formula is C13H20N2O. The summed E-state index contributed by atoms with van der Waals surface area (Å²) in [7, 11) is 0. The summed E-state index contributed by atoms with van der Waals surface area (Å²) in [5.41, 5.74) is 9.19. The van der Waals surface area contributed by atoms with Gasteiger partial charge in [-0.15, -0.1) is 0 Å². The molecule has 3 heteroatoms. The van der Waals surface area contributed by atoms with Gasteiger partial charge in [0.15, 0.2) is 0 Å². The Balaban J connectivity index is 2.05. The summed E-state index contributed by atoms with van der Waals surface area (Å²) in [5.74, 6) is 0. The van der Waals surface area contributed by atoms with Crippen molar-refractivity contribution in [2.75, 3.05) is 25.5 Å². The largest absolute Gasteiger partial charge is 0.399 e. The van der Waals surface area contributed by atoms with Crippen LogP contribution in [0, 0.1) is 6.92 Å². The van der Waals surface area contributed by atoms with E-state index >= 15 is 0 Å². The SMILES string of the molecule is Cc1cc(CN2CCOCC2C)ccc1N. The first-order chi connectivity index (χ1) is 7.66. The summed E-state index contributed by atoms with van der Waals surface area (Å²) in [6, 6.07) is 6.80. The highest BCUT2D eigenvalue weighted by molar-refractivity contribution is 5.47. The number of aryl methyl sites for hydroxylation is 1. The van der Waals surface area contributed by atoms with Crippen molar-refractivity contribution in [1.82, 2.24) is 4.90 Å². The van der Waals surface area contributed by atoms with Crippen molar-refractivity contribution in [2.45, 2.75) is 26.4 Å². The predicted molar refractivity (Wildman–Crippen MR) is 66.3 cm³/mol. The highest BCUT2D eigenvalue weighted by atomic mass is 16.5. The fraction of sp³-hybridized carbons (Fsp3) is 0.538. The van der Waals surface area contributed by atoms with Gasteiger partial charge in [0.1, 0.15) is 0 Å². The van der Waals surface area contributed by atoms with Gasteiger partial charge in [-0.3, -0.25) is 4.90 Å². The van der Waals surface area contributed by atoms with Crippen molar-refractivity contribution in [3.8, 4) is 0 Å². The van der Waals surface area contributed by atoms with Crippen LogP contribution in [0.4, 0.5) is 5.69 Å². The quantitative estimate of drug-likeness (QED) is 0.772. The first-order valence-corrected chi connectivity index (χ1v) is 5.83. The van der Waals surface area contributed by atoms with E-state index in [1.807, 2.05) is 6.07 Å². The maximum Gasteiger partial charge on any atom is 0.0619 e. The van der Waals surface area contributed by atoms with E-state index in [0.717, 1.165) is 32.0 Å². The molecule has 16 heavy (non-hydrogen) atoms. The van der Waals surface area contributed by atoms with Gasteiger partial charge in [-0.1, -0.05) is 12.1 Å². The Morgan fingerprint density at radius 3 is 3.00 bits per heavy atom. The van der Waals surface area contributed by atoms with Gasteiger partial charge < -0.3 is 10.5 Å². The zero-order valence-electron chi connectivity index (χ0n) is 10.1. The number of benzene rings is 1. The monoisotopic (exact) mass is 220 g/mol. The van der Waals surface area contributed by atoms with Crippen molar-refractivity contribution in [3.63, 3.8) is 0 Å². The normalized spacial score (nSPS) is 22.2. The van der Waals surface area contributed by atoms with E-state index in [1.54, 1.807) is 0 Å². The Kier molecular flexibility index (Phi) is 3.46. The minimum absolute atomic E-state index is 0.506. The number of morpholine rings is 1. The third kappa shape index (κ3) is 2.54. The van der Waals surface area contributed by atoms with Crippen LogP contribution in [0.5, 0.6) is 0 Å². The van der Waals surface area contributed by atoms with E-state index in [4.69, 9.17) is 10.5 Å². The second-order valence-electron chi connectivity index (χ2n) is 4.59. The van der Waals surface area contributed by atoms with Crippen molar-refractivity contribution in [1.29, 1.82) is 0 Å². The number of anilines is 1. The van der Waals surface area contributed by atoms with Gasteiger partial charge >= 0.3 is 0 Å². The first kappa shape index (κ1) is 11.4. The third-order valence-electron chi connectivity index (χ3n) is 3.23. The van der Waals surface area contributed by atoms with Crippen molar-refractivity contribution < 1.29 is 4.74 Å². The molecule has 1 aromatic rings. The van der Waals surface area contributed by atoms with Crippen LogP contribution in [0.1, 0.15) is 18.1 Å². The van der Waals surface area contributed by atoms with Gasteiger partial charge in [-0.05, 0) is 31.0 Å². The summed E-state index contributed by atoms with van der Waals surface area (Å²) < 4.78 is 5.43. The smallest absolute Gasteiger partial charge is 0.0619 e. The van der Waals surface area contributed by atoms with Crippen LogP contribution in [0.2, 0.25) is 0 Å². The molecule has 0 aliphatic carbocycles. The van der Waals surface area contributed by atoms with Gasteiger partial charge in [0.2, 0.25) is 0 Å². The zero-order valence-corrected chi connectivity index (χ0v) is 10.1. The van der Waals surface area contributed by atoms with Gasteiger partial charge in [0, 0.05) is 24.8 Å². The molecule has 88 valence electrons. The van der Waals surface area contributed by atoms with Crippen LogP contribution in [-0.4, -0.2) is 30.7 Å². The Labute approximate surface area is 97.2 Å². The lowest BCUT2D eigenvalue weighted by Gasteiger charge is -2.33. The van der Waals surface area contributed by atoms with Crippen LogP contribution < -0.4 is 5.73 Å². The van der Waals surface area contributed by atoms with Crippen molar-refractivity contribution >= 4 is 5.69 Å². The number of rotatable bonds is 2. The molecule has 0 spiro atoms. The zero-order chi connectivity index (χ0) is 11.5. The molecule has 2 rings (SSSR count). The molecule has 0 amide bonds. The number of hydrogen-bond acceptors (Lipinski definition) is 3. The molecule has 1 fully saturated rings. The molecule has 3 nitrogen and oxygen atoms in total. The van der Waals surface area contributed by atoms with Gasteiger partial charge in [-0.2, -0.15) is 0 Å². The molecule has 0 bridgehead atoms. The van der Waals surface area contributed by atoms with E-state index in [1.165, 1.54) is 11.1 Å². The standard InChI is InChI=1S/C13H20N2O/c1-10-7-12(3-4-13(10)14)8-15-5-6-16-9-11(15)2/h3-4,7,11H,5-6,8-9,14H2,1-2H3. The lowest BCUT2D eigenvalue weighted by atomic mass is 10.1. The Bertz CT molecular complexity index is 365. The molecule has 0 aromatic heterocycles. The van der Waals surface area contributed by atoms with E-state index in [2.05, 4.69) is 30.9 Å². The van der Waals surface area contributed by atoms with Crippen molar-refractivity contribution in [3.05, 3.63) is 29.3 Å². The van der Waals surface area contributed by atoms with E-state index in [9.17, 15) is 0 Å². The second-order valence-corrected chi connectivity index (χ2v) is 4.59. The molecule has 1 aliphatic heterocycles. The molecule has 1 saturated heterocycles. The van der Waals surface area contributed by atoms with Crippen LogP contribution >= 0.6 is 0 Å². The van der Waals surface area contributed by atoms with Crippen LogP contribution in [0.25, 0.3) is 0 Å². The average Bonchev–Trinajstić information content (AvgIpc) is 2.27. The number of nitrogens with zero attached hydrogens (tertiary/aromatic N) is 1. The third-order valence-corrected chi connectivity index (χ3v) is 3.23. The topological polar surface area (TPSA) is 38.5 Å². The number of hydrogen-bond donors (Lipinski definition) is 1. The van der Waals surface area contributed by atoms with Gasteiger partial charge in [0.25, 0.3) is 0 Å². The lowest BCUT2D eigenvalue weighted by molar-refractivity contribution is -0.00437. The van der Waals surface area contributed by atoms with Gasteiger partial charge in [0.05, 0.1) is 13.2 Å². The summed E-state index contributed by atoms with van der Waals surface area (Å²) in [5, 5.41) is 0. The second kappa shape index (κ2) is 4.85. The first-order valence-electron chi connectivity index (χ1n) is 5.83. The molecule has 1 heterocycles. The number of nitrogens with two attached hydrogens (primary N) is 1. The maximum atomic E-state index is 5.82. The molecule has 2 N–H and O–H groups in total. The summed E-state index contributed by atoms with van der Waals surface area (Å²) >= 11 is 0. The number of nitrogen functional groups attached to an aromatic ring is 1. The molecular weight excluding hydrogens is 200 g/mol. The van der Waals surface area contributed by atoms with E-state index in [0.29, 0.717) is 6.04 Å². The molecule has 1 aliphatic rings. The summed E-state index contributed by atoms with van der Waals surface area (Å²) in [6.45, 7) is 7.97. The number of ether oxygens (including phenoxy) is 1. The molecule has 0 radical (unpaired) electrons. The highest BCUT2D eigenvalue weighted by Gasteiger charge is 2.18. The Hall–Kier alpha value is -1.06. The molecule has 1 unspecified atom stereocenters. The fourth-order valence-corrected chi connectivity index (χ4v) is 2.07. The van der Waals surface area contributed by atoms with Crippen molar-refractivity contribution in [2.24, 2.45) is 0 Å². The minimum Gasteiger partial charge on any atom is -0.399 e. The lowest BCUT2D eigenvalue weighted by Crippen LogP contribution is -2.42. The predicted octanol–water partition coefficient (Wildman–Crippen LogP) is 1.80. The minimum atomic E-state index is 0.506. The van der Waals surface area contributed by atoms with Crippen LogP contribution in [-0.2, 0) is 11.3 Å². The summed E-state index contributed by atoms with van der Waals surface area (Å²) in [6.07, 6.45) is 0. The Morgan fingerprint density at radius 1 is 1.50 bits per heavy atom. The Morgan fingerprint density at radius 2 is 2.31 bits per heavy atom. The van der Waals surface area contributed by atoms with Crippen LogP contribution in [0.15, 0.2) is 18.2 Å². The maximum absolute atomic E-state index is 5.82. The van der Waals surface area contributed by atoms with E-state index in [-0.39, 0.29) is 0 Å². The van der Waals surface area contributed by atoms with E-state index < -0.39 is 0 Å². The summed E-state index contributed by atoms with van der Waals surface area (Å²) in [4.78, 5) is 2.45. The van der Waals surface area contributed by atoms with Gasteiger partial charge in [-0.25, -0.2) is 0 Å². The molecule has 1 aromatic carbocycles.